The maximum atomic E-state index is 4.01. The minimum Gasteiger partial charge on any atom is -0.137 e. The maximum Gasteiger partial charge on any atom is 0.120 e. The van der Waals surface area contributed by atoms with Crippen LogP contribution in [0.25, 0.3) is 11.3 Å². The topological polar surface area (TPSA) is 25.8 Å². The van der Waals surface area contributed by atoms with Gasteiger partial charge in [-0.1, -0.05) is 34.8 Å². The minimum absolute atomic E-state index is 0.917. The zero-order chi connectivity index (χ0) is 8.39. The molecule has 0 saturated carbocycles. The lowest BCUT2D eigenvalue weighted by Crippen LogP contribution is -1.76. The third-order valence-corrected chi connectivity index (χ3v) is 2.82. The first-order valence-corrected chi connectivity index (χ1v) is 4.98. The molecule has 0 N–H and O–H groups in total. The summed E-state index contributed by atoms with van der Waals surface area (Å²) in [7, 11) is 0. The van der Waals surface area contributed by atoms with E-state index in [0.29, 0.717) is 0 Å². The summed E-state index contributed by atoms with van der Waals surface area (Å²) in [6.07, 6.45) is 0. The molecule has 2 nitrogen and oxygen atoms in total. The van der Waals surface area contributed by atoms with Crippen molar-refractivity contribution in [2.24, 2.45) is 0 Å². The summed E-state index contributed by atoms with van der Waals surface area (Å²) >= 11 is 4.75. The first-order chi connectivity index (χ1) is 5.88. The van der Waals surface area contributed by atoms with Gasteiger partial charge in [0.05, 0.1) is 0 Å². The summed E-state index contributed by atoms with van der Waals surface area (Å²) in [6, 6.07) is 9.99. The predicted molar refractivity (Wildman–Crippen MR) is 53.0 cm³/mol. The lowest BCUT2D eigenvalue weighted by Gasteiger charge is -1.93. The van der Waals surface area contributed by atoms with E-state index in [2.05, 4.69) is 25.5 Å². The molecule has 0 atom stereocenters. The van der Waals surface area contributed by atoms with Crippen molar-refractivity contribution in [2.75, 3.05) is 0 Å². The van der Waals surface area contributed by atoms with Crippen LogP contribution in [-0.4, -0.2) is 9.59 Å². The molecule has 0 radical (unpaired) electrons. The van der Waals surface area contributed by atoms with Crippen LogP contribution in [0.3, 0.4) is 0 Å². The van der Waals surface area contributed by atoms with Crippen molar-refractivity contribution in [3.63, 3.8) is 0 Å². The maximum absolute atomic E-state index is 4.01. The van der Waals surface area contributed by atoms with E-state index in [9.17, 15) is 0 Å². The highest BCUT2D eigenvalue weighted by molar-refractivity contribution is 9.11. The van der Waals surface area contributed by atoms with Gasteiger partial charge in [-0.25, -0.2) is 0 Å². The van der Waals surface area contributed by atoms with Crippen molar-refractivity contribution in [2.45, 2.75) is 0 Å². The van der Waals surface area contributed by atoms with Gasteiger partial charge in [0, 0.05) is 5.56 Å². The highest BCUT2D eigenvalue weighted by atomic mass is 79.9. The zero-order valence-corrected chi connectivity index (χ0v) is 8.47. The molecule has 0 bridgehead atoms. The third kappa shape index (κ3) is 1.40. The van der Waals surface area contributed by atoms with Crippen molar-refractivity contribution in [3.05, 3.63) is 34.1 Å². The minimum atomic E-state index is 0.917. The second-order valence-electron chi connectivity index (χ2n) is 2.26. The van der Waals surface area contributed by atoms with Gasteiger partial charge in [0.25, 0.3) is 0 Å². The van der Waals surface area contributed by atoms with Crippen molar-refractivity contribution in [1.29, 1.82) is 0 Å². The quantitative estimate of drug-likeness (QED) is 0.767. The van der Waals surface area contributed by atoms with E-state index in [-0.39, 0.29) is 0 Å². The Kier molecular flexibility index (Phi) is 2.19. The standard InChI is InChI=1S/C8H5BrN2S/c9-8-7(10-11-12-8)6-4-2-1-3-5-6/h1-5H. The highest BCUT2D eigenvalue weighted by Crippen LogP contribution is 2.27. The van der Waals surface area contributed by atoms with Crippen LogP contribution in [0.4, 0.5) is 0 Å². The van der Waals surface area contributed by atoms with Crippen molar-refractivity contribution < 1.29 is 0 Å². The van der Waals surface area contributed by atoms with E-state index in [4.69, 9.17) is 0 Å². The van der Waals surface area contributed by atoms with Gasteiger partial charge < -0.3 is 0 Å². The van der Waals surface area contributed by atoms with E-state index in [1.165, 1.54) is 11.5 Å². The largest absolute Gasteiger partial charge is 0.137 e. The highest BCUT2D eigenvalue weighted by Gasteiger charge is 2.05. The number of hydrogen-bond donors (Lipinski definition) is 0. The molecular formula is C8H5BrN2S. The Bertz CT molecular complexity index is 372. The molecule has 12 heavy (non-hydrogen) atoms. The van der Waals surface area contributed by atoms with Gasteiger partial charge in [-0.3, -0.25) is 0 Å². The number of rotatable bonds is 1. The molecule has 0 fully saturated rings. The van der Waals surface area contributed by atoms with Crippen LogP contribution in [0.5, 0.6) is 0 Å². The van der Waals surface area contributed by atoms with Gasteiger partial charge in [0.2, 0.25) is 0 Å². The Morgan fingerprint density at radius 1 is 1.17 bits per heavy atom. The summed E-state index contributed by atoms with van der Waals surface area (Å²) < 4.78 is 4.82. The predicted octanol–water partition coefficient (Wildman–Crippen LogP) is 2.97. The van der Waals surface area contributed by atoms with Crippen molar-refractivity contribution >= 4 is 27.5 Å². The van der Waals surface area contributed by atoms with E-state index >= 15 is 0 Å². The second kappa shape index (κ2) is 3.33. The Morgan fingerprint density at radius 2 is 1.92 bits per heavy atom. The molecule has 60 valence electrons. The van der Waals surface area contributed by atoms with Gasteiger partial charge in [-0.2, -0.15) is 0 Å². The van der Waals surface area contributed by atoms with E-state index < -0.39 is 0 Å². The number of hydrogen-bond acceptors (Lipinski definition) is 3. The Hall–Kier alpha value is -0.740. The second-order valence-corrected chi connectivity index (χ2v) is 4.33. The fourth-order valence-electron chi connectivity index (χ4n) is 0.947. The summed E-state index contributed by atoms with van der Waals surface area (Å²) in [5.41, 5.74) is 2.01. The smallest absolute Gasteiger partial charge is 0.120 e. The van der Waals surface area contributed by atoms with Gasteiger partial charge in [-0.05, 0) is 27.5 Å². The summed E-state index contributed by atoms with van der Waals surface area (Å²) in [4.78, 5) is 0. The molecule has 4 heteroatoms. The molecule has 0 aliphatic heterocycles. The summed E-state index contributed by atoms with van der Waals surface area (Å²) in [6.45, 7) is 0. The fourth-order valence-corrected chi connectivity index (χ4v) is 1.89. The van der Waals surface area contributed by atoms with Crippen molar-refractivity contribution in [3.8, 4) is 11.3 Å². The van der Waals surface area contributed by atoms with E-state index in [0.717, 1.165) is 15.0 Å². The zero-order valence-electron chi connectivity index (χ0n) is 6.07. The van der Waals surface area contributed by atoms with Crippen molar-refractivity contribution in [1.82, 2.24) is 9.59 Å². The number of halogens is 1. The SMILES string of the molecule is Brc1snnc1-c1ccccc1. The molecule has 0 saturated heterocycles. The number of nitrogens with zero attached hydrogens (tertiary/aromatic N) is 2. The lowest BCUT2D eigenvalue weighted by atomic mass is 10.2. The van der Waals surface area contributed by atoms with Crippen LogP contribution >= 0.6 is 27.5 Å². The van der Waals surface area contributed by atoms with Crippen LogP contribution in [0.2, 0.25) is 0 Å². The third-order valence-electron chi connectivity index (χ3n) is 1.50. The molecule has 1 aromatic heterocycles. The van der Waals surface area contributed by atoms with Gasteiger partial charge in [0.1, 0.15) is 9.48 Å². The molecule has 2 aromatic rings. The molecule has 0 aliphatic rings. The molecule has 1 heterocycles. The van der Waals surface area contributed by atoms with Crippen LogP contribution in [-0.2, 0) is 0 Å². The molecule has 2 rings (SSSR count). The summed E-state index contributed by atoms with van der Waals surface area (Å²) in [5.74, 6) is 0. The fraction of sp³-hybridized carbons (Fsp3) is 0. The molecular weight excluding hydrogens is 236 g/mol. The molecule has 1 aromatic carbocycles. The van der Waals surface area contributed by atoms with Crippen LogP contribution in [0, 0.1) is 0 Å². The first-order valence-electron chi connectivity index (χ1n) is 3.41. The molecule has 0 spiro atoms. The van der Waals surface area contributed by atoms with Gasteiger partial charge in [0.15, 0.2) is 0 Å². The first kappa shape index (κ1) is 7.89. The molecule has 0 aliphatic carbocycles. The average Bonchev–Trinajstić information content (AvgIpc) is 2.53. The van der Waals surface area contributed by atoms with Crippen LogP contribution < -0.4 is 0 Å². The summed E-state index contributed by atoms with van der Waals surface area (Å²) in [5, 5.41) is 4.01. The van der Waals surface area contributed by atoms with E-state index in [1.54, 1.807) is 0 Å². The van der Waals surface area contributed by atoms with Gasteiger partial charge >= 0.3 is 0 Å². The lowest BCUT2D eigenvalue weighted by molar-refractivity contribution is 1.16. The normalized spacial score (nSPS) is 10.1. The average molecular weight is 241 g/mol. The van der Waals surface area contributed by atoms with Gasteiger partial charge in [-0.15, -0.1) is 5.10 Å². The van der Waals surface area contributed by atoms with E-state index in [1.807, 2.05) is 30.3 Å². The monoisotopic (exact) mass is 240 g/mol. The Labute approximate surface area is 82.5 Å². The Balaban J connectivity index is 2.51. The Morgan fingerprint density at radius 3 is 2.50 bits per heavy atom. The molecule has 0 unspecified atom stereocenters. The molecule has 0 amide bonds. The van der Waals surface area contributed by atoms with Crippen LogP contribution in [0.1, 0.15) is 0 Å². The van der Waals surface area contributed by atoms with Crippen LogP contribution in [0.15, 0.2) is 34.1 Å². The number of aromatic nitrogens is 2. The number of benzene rings is 1.